The molecule has 1 aliphatic rings. The summed E-state index contributed by atoms with van der Waals surface area (Å²) in [5, 5.41) is 3.02. The molecule has 30 heavy (non-hydrogen) atoms. The third-order valence-electron chi connectivity index (χ3n) is 4.98. The molecule has 0 spiro atoms. The van der Waals surface area contributed by atoms with E-state index in [-0.39, 0.29) is 12.5 Å². The van der Waals surface area contributed by atoms with E-state index in [0.717, 1.165) is 37.6 Å². The second-order valence-corrected chi connectivity index (χ2v) is 8.76. The molecule has 0 N–H and O–H groups in total. The molecule has 0 atom stereocenters. The van der Waals surface area contributed by atoms with Gasteiger partial charge in [0.25, 0.3) is 5.91 Å². The molecule has 0 saturated heterocycles. The smallest absolute Gasteiger partial charge is 0.265 e. The van der Waals surface area contributed by atoms with Crippen LogP contribution in [0.3, 0.4) is 0 Å². The molecule has 1 amide bonds. The van der Waals surface area contributed by atoms with E-state index >= 15 is 0 Å². The van der Waals surface area contributed by atoms with Gasteiger partial charge in [-0.3, -0.25) is 4.79 Å². The van der Waals surface area contributed by atoms with Crippen molar-refractivity contribution in [3.63, 3.8) is 0 Å². The maximum Gasteiger partial charge on any atom is 0.265 e. The summed E-state index contributed by atoms with van der Waals surface area (Å²) in [7, 11) is 0. The van der Waals surface area contributed by atoms with Gasteiger partial charge in [0.1, 0.15) is 10.8 Å². The first-order chi connectivity index (χ1) is 14.7. The van der Waals surface area contributed by atoms with Gasteiger partial charge in [0, 0.05) is 21.0 Å². The number of nitrogens with zero attached hydrogens (tertiary/aromatic N) is 2. The van der Waals surface area contributed by atoms with Crippen molar-refractivity contribution in [2.75, 3.05) is 11.5 Å². The molecular weight excluding hydrogens is 460 g/mol. The summed E-state index contributed by atoms with van der Waals surface area (Å²) < 4.78 is 6.69. The number of hydrogen-bond donors (Lipinski definition) is 0. The molecule has 5 rings (SSSR count). The first-order valence-corrected chi connectivity index (χ1v) is 11.2. The van der Waals surface area contributed by atoms with Crippen LogP contribution in [0.1, 0.15) is 5.56 Å². The summed E-state index contributed by atoms with van der Waals surface area (Å²) in [6.07, 6.45) is 0. The van der Waals surface area contributed by atoms with Crippen molar-refractivity contribution >= 4 is 38.9 Å². The lowest BCUT2D eigenvalue weighted by Crippen LogP contribution is -2.38. The van der Waals surface area contributed by atoms with E-state index in [1.54, 1.807) is 16.2 Å². The van der Waals surface area contributed by atoms with Gasteiger partial charge in [-0.1, -0.05) is 58.4 Å². The predicted octanol–water partition coefficient (Wildman–Crippen LogP) is 6.17. The summed E-state index contributed by atoms with van der Waals surface area (Å²) in [5.74, 6) is 0.666. The van der Waals surface area contributed by atoms with Crippen molar-refractivity contribution in [1.29, 1.82) is 0 Å². The van der Waals surface area contributed by atoms with E-state index in [0.29, 0.717) is 12.3 Å². The summed E-state index contributed by atoms with van der Waals surface area (Å²) in [6.45, 7) is 0.552. The molecule has 0 aliphatic carbocycles. The van der Waals surface area contributed by atoms with Gasteiger partial charge in [-0.05, 0) is 35.9 Å². The van der Waals surface area contributed by atoms with Crippen LogP contribution in [0.15, 0.2) is 82.6 Å². The van der Waals surface area contributed by atoms with Crippen molar-refractivity contribution in [3.8, 4) is 27.6 Å². The minimum atomic E-state index is -0.0502. The van der Waals surface area contributed by atoms with Crippen LogP contribution in [-0.4, -0.2) is 17.5 Å². The maximum atomic E-state index is 12.6. The first kappa shape index (κ1) is 19.0. The van der Waals surface area contributed by atoms with Gasteiger partial charge in [-0.25, -0.2) is 4.98 Å². The van der Waals surface area contributed by atoms with Crippen molar-refractivity contribution in [3.05, 3.63) is 88.2 Å². The SMILES string of the molecule is O=C1COc2ccc(-c3csc(-c4ccccc4)n3)cc2N1Cc1ccc(Br)cc1. The second kappa shape index (κ2) is 8.05. The molecule has 1 aromatic heterocycles. The van der Waals surface area contributed by atoms with Crippen molar-refractivity contribution in [1.82, 2.24) is 4.98 Å². The molecule has 0 fully saturated rings. The van der Waals surface area contributed by atoms with Crippen LogP contribution < -0.4 is 9.64 Å². The molecule has 4 aromatic rings. The van der Waals surface area contributed by atoms with Gasteiger partial charge >= 0.3 is 0 Å². The van der Waals surface area contributed by atoms with Crippen LogP contribution in [-0.2, 0) is 11.3 Å². The number of benzene rings is 3. The summed E-state index contributed by atoms with van der Waals surface area (Å²) in [6, 6.07) is 24.1. The minimum Gasteiger partial charge on any atom is -0.482 e. The Balaban J connectivity index is 1.49. The molecule has 0 saturated carbocycles. The van der Waals surface area contributed by atoms with Crippen molar-refractivity contribution < 1.29 is 9.53 Å². The van der Waals surface area contributed by atoms with Crippen LogP contribution in [0, 0.1) is 0 Å². The third-order valence-corrected chi connectivity index (χ3v) is 6.40. The minimum absolute atomic E-state index is 0.0502. The van der Waals surface area contributed by atoms with Gasteiger partial charge in [0.2, 0.25) is 0 Å². The quantitative estimate of drug-likeness (QED) is 0.353. The van der Waals surface area contributed by atoms with Crippen molar-refractivity contribution in [2.45, 2.75) is 6.54 Å². The number of aromatic nitrogens is 1. The summed E-state index contributed by atoms with van der Waals surface area (Å²) >= 11 is 5.07. The molecule has 0 radical (unpaired) electrons. The number of anilines is 1. The van der Waals surface area contributed by atoms with E-state index in [2.05, 4.69) is 33.4 Å². The lowest BCUT2D eigenvalue weighted by molar-refractivity contribution is -0.121. The zero-order valence-corrected chi connectivity index (χ0v) is 18.3. The van der Waals surface area contributed by atoms with Gasteiger partial charge < -0.3 is 9.64 Å². The van der Waals surface area contributed by atoms with E-state index in [9.17, 15) is 4.79 Å². The Kier molecular flexibility index (Phi) is 5.11. The fraction of sp³-hybridized carbons (Fsp3) is 0.0833. The maximum absolute atomic E-state index is 12.6. The highest BCUT2D eigenvalue weighted by molar-refractivity contribution is 9.10. The van der Waals surface area contributed by atoms with Gasteiger partial charge in [-0.15, -0.1) is 11.3 Å². The van der Waals surface area contributed by atoms with Crippen LogP contribution in [0.2, 0.25) is 0 Å². The number of amides is 1. The largest absolute Gasteiger partial charge is 0.482 e. The fourth-order valence-corrected chi connectivity index (χ4v) is 4.53. The molecule has 6 heteroatoms. The normalized spacial score (nSPS) is 13.1. The predicted molar refractivity (Wildman–Crippen MR) is 124 cm³/mol. The number of fused-ring (bicyclic) bond motifs is 1. The summed E-state index contributed by atoms with van der Waals surface area (Å²) in [5.41, 5.74) is 4.79. The molecule has 4 nitrogen and oxygen atoms in total. The average molecular weight is 477 g/mol. The average Bonchev–Trinajstić information content (AvgIpc) is 3.28. The number of ether oxygens (including phenoxy) is 1. The molecule has 148 valence electrons. The van der Waals surface area contributed by atoms with Crippen LogP contribution >= 0.6 is 27.3 Å². The molecular formula is C24H17BrN2O2S. The van der Waals surface area contributed by atoms with Crippen molar-refractivity contribution in [2.24, 2.45) is 0 Å². The lowest BCUT2D eigenvalue weighted by atomic mass is 10.1. The Bertz CT molecular complexity index is 1210. The fourth-order valence-electron chi connectivity index (χ4n) is 3.43. The topological polar surface area (TPSA) is 42.4 Å². The second-order valence-electron chi connectivity index (χ2n) is 6.98. The van der Waals surface area contributed by atoms with E-state index < -0.39 is 0 Å². The third kappa shape index (κ3) is 3.76. The lowest BCUT2D eigenvalue weighted by Gasteiger charge is -2.30. The first-order valence-electron chi connectivity index (χ1n) is 9.50. The zero-order chi connectivity index (χ0) is 20.5. The Hall–Kier alpha value is -2.96. The monoisotopic (exact) mass is 476 g/mol. The highest BCUT2D eigenvalue weighted by Crippen LogP contribution is 2.38. The standard InChI is InChI=1S/C24H17BrN2O2S/c25-19-9-6-16(7-10-19)13-27-21-12-18(8-11-22(21)29-14-23(27)28)20-15-30-24(26-20)17-4-2-1-3-5-17/h1-12,15H,13-14H2. The van der Waals surface area contributed by atoms with E-state index in [4.69, 9.17) is 9.72 Å². The number of carbonyl (C=O) groups excluding carboxylic acids is 1. The Morgan fingerprint density at radius 2 is 1.80 bits per heavy atom. The number of carbonyl (C=O) groups is 1. The summed E-state index contributed by atoms with van der Waals surface area (Å²) in [4.78, 5) is 19.2. The molecule has 0 bridgehead atoms. The van der Waals surface area contributed by atoms with Crippen LogP contribution in [0.5, 0.6) is 5.75 Å². The Morgan fingerprint density at radius 3 is 2.60 bits per heavy atom. The van der Waals surface area contributed by atoms with Gasteiger partial charge in [-0.2, -0.15) is 0 Å². The van der Waals surface area contributed by atoms with E-state index in [1.807, 2.05) is 60.7 Å². The Morgan fingerprint density at radius 1 is 1.00 bits per heavy atom. The van der Waals surface area contributed by atoms with Gasteiger partial charge in [0.05, 0.1) is 17.9 Å². The highest BCUT2D eigenvalue weighted by atomic mass is 79.9. The molecule has 2 heterocycles. The Labute approximate surface area is 186 Å². The number of rotatable bonds is 4. The number of halogens is 1. The van der Waals surface area contributed by atoms with E-state index in [1.165, 1.54) is 0 Å². The van der Waals surface area contributed by atoms with Crippen LogP contribution in [0.4, 0.5) is 5.69 Å². The van der Waals surface area contributed by atoms with Gasteiger partial charge in [0.15, 0.2) is 6.61 Å². The molecule has 3 aromatic carbocycles. The number of thiazole rings is 1. The van der Waals surface area contributed by atoms with Crippen LogP contribution in [0.25, 0.3) is 21.8 Å². The number of hydrogen-bond acceptors (Lipinski definition) is 4. The zero-order valence-electron chi connectivity index (χ0n) is 15.9. The highest BCUT2D eigenvalue weighted by Gasteiger charge is 2.26. The molecule has 1 aliphatic heterocycles. The molecule has 0 unspecified atom stereocenters.